The van der Waals surface area contributed by atoms with E-state index in [2.05, 4.69) is 4.98 Å². The van der Waals surface area contributed by atoms with Crippen LogP contribution in [0.4, 0.5) is 4.79 Å². The van der Waals surface area contributed by atoms with Gasteiger partial charge in [-0.1, -0.05) is 0 Å². The van der Waals surface area contributed by atoms with E-state index in [1.54, 1.807) is 16.7 Å². The Morgan fingerprint density at radius 3 is 2.31 bits per heavy atom. The fourth-order valence-corrected chi connectivity index (χ4v) is 4.71. The van der Waals surface area contributed by atoms with E-state index in [-0.39, 0.29) is 22.6 Å². The van der Waals surface area contributed by atoms with Gasteiger partial charge in [0.2, 0.25) is 10.0 Å². The van der Waals surface area contributed by atoms with Crippen LogP contribution in [0.25, 0.3) is 0 Å². The van der Waals surface area contributed by atoms with Crippen molar-refractivity contribution in [1.29, 1.82) is 0 Å². The molecule has 0 atom stereocenters. The molecule has 2 amide bonds. The van der Waals surface area contributed by atoms with Gasteiger partial charge in [0.05, 0.1) is 6.61 Å². The molecule has 0 spiro atoms. The Morgan fingerprint density at radius 1 is 1.08 bits per heavy atom. The lowest BCUT2D eigenvalue weighted by molar-refractivity contribution is 0.0566. The molecule has 26 heavy (non-hydrogen) atoms. The van der Waals surface area contributed by atoms with E-state index in [1.807, 2.05) is 0 Å². The molecule has 0 aliphatic carbocycles. The van der Waals surface area contributed by atoms with Gasteiger partial charge in [0.25, 0.3) is 5.91 Å². The van der Waals surface area contributed by atoms with Gasteiger partial charge in [-0.25, -0.2) is 13.2 Å². The number of sulfonamides is 1. The van der Waals surface area contributed by atoms with Crippen molar-refractivity contribution in [2.45, 2.75) is 24.7 Å². The molecule has 2 fully saturated rings. The van der Waals surface area contributed by atoms with Crippen LogP contribution < -0.4 is 0 Å². The average Bonchev–Trinajstić information content (AvgIpc) is 3.33. The second-order valence-electron chi connectivity index (χ2n) is 6.34. The summed E-state index contributed by atoms with van der Waals surface area (Å²) in [4.78, 5) is 30.4. The summed E-state index contributed by atoms with van der Waals surface area (Å²) in [5, 5.41) is 0. The number of nitrogens with one attached hydrogen (secondary N) is 1. The normalized spacial score (nSPS) is 19.0. The van der Waals surface area contributed by atoms with Crippen LogP contribution >= 0.6 is 0 Å². The van der Waals surface area contributed by atoms with Crippen LogP contribution in [0.3, 0.4) is 0 Å². The van der Waals surface area contributed by atoms with Crippen LogP contribution in [-0.4, -0.2) is 85.4 Å². The van der Waals surface area contributed by atoms with Crippen molar-refractivity contribution in [2.24, 2.45) is 0 Å². The highest BCUT2D eigenvalue weighted by atomic mass is 32.2. The minimum absolute atomic E-state index is 0.118. The number of ether oxygens (including phenoxy) is 1. The zero-order valence-corrected chi connectivity index (χ0v) is 15.6. The number of piperazine rings is 1. The summed E-state index contributed by atoms with van der Waals surface area (Å²) in [6.07, 6.45) is 2.72. The Hall–Kier alpha value is -2.07. The molecule has 3 rings (SSSR count). The van der Waals surface area contributed by atoms with Gasteiger partial charge >= 0.3 is 6.09 Å². The van der Waals surface area contributed by atoms with E-state index >= 15 is 0 Å². The van der Waals surface area contributed by atoms with E-state index in [9.17, 15) is 18.0 Å². The number of rotatable bonds is 4. The summed E-state index contributed by atoms with van der Waals surface area (Å²) in [5.41, 5.74) is 0.243. The number of aromatic amines is 1. The van der Waals surface area contributed by atoms with E-state index in [0.29, 0.717) is 45.9 Å². The molecule has 0 radical (unpaired) electrons. The van der Waals surface area contributed by atoms with Crippen LogP contribution in [0, 0.1) is 0 Å². The highest BCUT2D eigenvalue weighted by molar-refractivity contribution is 7.89. The van der Waals surface area contributed by atoms with Crippen molar-refractivity contribution in [3.63, 3.8) is 0 Å². The number of hydrogen-bond donors (Lipinski definition) is 1. The number of carbonyl (C=O) groups is 2. The highest BCUT2D eigenvalue weighted by Gasteiger charge is 2.30. The van der Waals surface area contributed by atoms with Gasteiger partial charge in [0, 0.05) is 45.5 Å². The van der Waals surface area contributed by atoms with Crippen LogP contribution in [-0.2, 0) is 14.8 Å². The maximum Gasteiger partial charge on any atom is 0.409 e. The summed E-state index contributed by atoms with van der Waals surface area (Å²) in [5.74, 6) is -0.267. The van der Waals surface area contributed by atoms with E-state index in [0.717, 1.165) is 12.8 Å². The molecule has 10 heteroatoms. The molecular weight excluding hydrogens is 360 g/mol. The summed E-state index contributed by atoms with van der Waals surface area (Å²) in [6, 6.07) is 1.40. The van der Waals surface area contributed by atoms with Gasteiger partial charge in [-0.2, -0.15) is 4.31 Å². The fraction of sp³-hybridized carbons (Fsp3) is 0.625. The molecule has 3 heterocycles. The molecule has 2 aliphatic heterocycles. The predicted molar refractivity (Wildman–Crippen MR) is 93.3 cm³/mol. The molecule has 144 valence electrons. The van der Waals surface area contributed by atoms with Gasteiger partial charge in [-0.3, -0.25) is 4.79 Å². The standard InChI is InChI=1S/C16H24N4O5S/c1-2-25-16(22)19-9-7-18(8-10-19)15(21)14-11-13(12-17-14)26(23,24)20-5-3-4-6-20/h11-12,17H,2-10H2,1H3. The van der Waals surface area contributed by atoms with Crippen molar-refractivity contribution in [1.82, 2.24) is 19.1 Å². The van der Waals surface area contributed by atoms with Crippen LogP contribution in [0.1, 0.15) is 30.3 Å². The number of amides is 2. The van der Waals surface area contributed by atoms with E-state index in [1.165, 1.54) is 16.6 Å². The van der Waals surface area contributed by atoms with Crippen molar-refractivity contribution in [2.75, 3.05) is 45.9 Å². The van der Waals surface area contributed by atoms with E-state index < -0.39 is 10.0 Å². The van der Waals surface area contributed by atoms with Gasteiger partial charge in [0.15, 0.2) is 0 Å². The second kappa shape index (κ2) is 7.67. The first kappa shape index (κ1) is 18.7. The highest BCUT2D eigenvalue weighted by Crippen LogP contribution is 2.22. The minimum Gasteiger partial charge on any atom is -0.450 e. The van der Waals surface area contributed by atoms with E-state index in [4.69, 9.17) is 4.74 Å². The summed E-state index contributed by atoms with van der Waals surface area (Å²) >= 11 is 0. The molecular formula is C16H24N4O5S. The lowest BCUT2D eigenvalue weighted by atomic mass is 10.3. The first-order valence-corrected chi connectivity index (χ1v) is 10.3. The lowest BCUT2D eigenvalue weighted by Gasteiger charge is -2.33. The van der Waals surface area contributed by atoms with Crippen molar-refractivity contribution < 1.29 is 22.7 Å². The zero-order valence-electron chi connectivity index (χ0n) is 14.8. The summed E-state index contributed by atoms with van der Waals surface area (Å²) in [7, 11) is -3.55. The van der Waals surface area contributed by atoms with Gasteiger partial charge in [0.1, 0.15) is 10.6 Å². The molecule has 1 aromatic rings. The first-order valence-electron chi connectivity index (χ1n) is 8.83. The van der Waals surface area contributed by atoms with Crippen LogP contribution in [0.15, 0.2) is 17.2 Å². The molecule has 2 aliphatic rings. The Bertz CT molecular complexity index is 761. The molecule has 0 unspecified atom stereocenters. The maximum absolute atomic E-state index is 12.6. The topological polar surface area (TPSA) is 103 Å². The quantitative estimate of drug-likeness (QED) is 0.824. The lowest BCUT2D eigenvalue weighted by Crippen LogP contribution is -2.50. The van der Waals surface area contributed by atoms with Crippen molar-refractivity contribution >= 4 is 22.0 Å². The van der Waals surface area contributed by atoms with Gasteiger partial charge < -0.3 is 19.5 Å². The Labute approximate surface area is 152 Å². The van der Waals surface area contributed by atoms with Crippen molar-refractivity contribution in [3.05, 3.63) is 18.0 Å². The van der Waals surface area contributed by atoms with Crippen LogP contribution in [0.2, 0.25) is 0 Å². The summed E-state index contributed by atoms with van der Waals surface area (Å²) in [6.45, 7) is 4.65. The molecule has 0 saturated carbocycles. The molecule has 1 aromatic heterocycles. The van der Waals surface area contributed by atoms with Gasteiger partial charge in [-0.05, 0) is 25.8 Å². The number of aromatic nitrogens is 1. The van der Waals surface area contributed by atoms with Gasteiger partial charge in [-0.15, -0.1) is 0 Å². The largest absolute Gasteiger partial charge is 0.450 e. The number of H-pyrrole nitrogens is 1. The third-order valence-corrected chi connectivity index (χ3v) is 6.56. The van der Waals surface area contributed by atoms with Crippen molar-refractivity contribution in [3.8, 4) is 0 Å². The summed E-state index contributed by atoms with van der Waals surface area (Å²) < 4.78 is 31.5. The Morgan fingerprint density at radius 2 is 1.69 bits per heavy atom. The average molecular weight is 384 g/mol. The predicted octanol–water partition coefficient (Wildman–Crippen LogP) is 0.714. The monoisotopic (exact) mass is 384 g/mol. The molecule has 2 saturated heterocycles. The smallest absolute Gasteiger partial charge is 0.409 e. The number of hydrogen-bond acceptors (Lipinski definition) is 5. The molecule has 0 aromatic carbocycles. The van der Waals surface area contributed by atoms with Crippen LogP contribution in [0.5, 0.6) is 0 Å². The Balaban J connectivity index is 1.63. The first-order chi connectivity index (χ1) is 12.4. The fourth-order valence-electron chi connectivity index (χ4n) is 3.20. The molecule has 1 N–H and O–H groups in total. The second-order valence-corrected chi connectivity index (χ2v) is 8.28. The molecule has 9 nitrogen and oxygen atoms in total. The maximum atomic E-state index is 12.6. The zero-order chi connectivity index (χ0) is 18.7. The number of carbonyl (C=O) groups excluding carboxylic acids is 2. The number of nitrogens with zero attached hydrogens (tertiary/aromatic N) is 3. The Kier molecular flexibility index (Phi) is 5.52. The third-order valence-electron chi connectivity index (χ3n) is 4.68. The third kappa shape index (κ3) is 3.70. The SMILES string of the molecule is CCOC(=O)N1CCN(C(=O)c2cc(S(=O)(=O)N3CCCC3)c[nH]2)CC1. The molecule has 0 bridgehead atoms. The minimum atomic E-state index is -3.55.